The molecule has 0 fully saturated rings. The van der Waals surface area contributed by atoms with Crippen molar-refractivity contribution in [3.63, 3.8) is 0 Å². The van der Waals surface area contributed by atoms with Crippen LogP contribution >= 0.6 is 0 Å². The van der Waals surface area contributed by atoms with Gasteiger partial charge in [-0.2, -0.15) is 9.78 Å². The third-order valence-corrected chi connectivity index (χ3v) is 1.30. The molecule has 2 N–H and O–H groups in total. The highest BCUT2D eigenvalue weighted by molar-refractivity contribution is 5.75. The lowest BCUT2D eigenvalue weighted by Crippen LogP contribution is -2.33. The predicted molar refractivity (Wildman–Crippen MR) is 43.8 cm³/mol. The second-order valence-corrected chi connectivity index (χ2v) is 2.21. The minimum atomic E-state index is -0.254. The van der Waals surface area contributed by atoms with Gasteiger partial charge in [-0.3, -0.25) is 0 Å². The number of nitrogens with zero attached hydrogens (tertiary/aromatic N) is 2. The number of likely N-dealkylation sites (N-methyl/N-ethyl adjacent to an activating group) is 1. The van der Waals surface area contributed by atoms with Crippen LogP contribution in [0.2, 0.25) is 0 Å². The molecule has 1 amide bonds. The summed E-state index contributed by atoms with van der Waals surface area (Å²) < 4.78 is 1.13. The van der Waals surface area contributed by atoms with Gasteiger partial charge in [-0.25, -0.2) is 4.79 Å². The molecule has 0 aliphatic rings. The molecule has 1 aromatic rings. The summed E-state index contributed by atoms with van der Waals surface area (Å²) in [6.07, 6.45) is 4.15. The average molecular weight is 167 g/mol. The van der Waals surface area contributed by atoms with Crippen LogP contribution in [0.3, 0.4) is 0 Å². The van der Waals surface area contributed by atoms with Crippen molar-refractivity contribution >= 4 is 6.03 Å². The fraction of sp³-hybridized carbons (Fsp3) is 0.429. The van der Waals surface area contributed by atoms with Crippen molar-refractivity contribution < 1.29 is 4.79 Å². The number of hydrogen-bond donors (Lipinski definition) is 2. The quantitative estimate of drug-likeness (QED) is 0.594. The highest BCUT2D eigenvalue weighted by Crippen LogP contribution is 1.80. The van der Waals surface area contributed by atoms with Crippen LogP contribution in [-0.4, -0.2) is 35.9 Å². The molecule has 0 saturated carbocycles. The SMILES string of the molecule is CNCCNC(=O)n1[c]ccn1. The van der Waals surface area contributed by atoms with Crippen molar-refractivity contribution in [2.24, 2.45) is 0 Å². The Balaban J connectivity index is 2.30. The average Bonchev–Trinajstić information content (AvgIpc) is 2.56. The lowest BCUT2D eigenvalue weighted by Gasteiger charge is -2.02. The number of rotatable bonds is 3. The minimum Gasteiger partial charge on any atom is -0.335 e. The van der Waals surface area contributed by atoms with Crippen LogP contribution in [0.15, 0.2) is 12.3 Å². The summed E-state index contributed by atoms with van der Waals surface area (Å²) in [4.78, 5) is 11.1. The van der Waals surface area contributed by atoms with E-state index in [1.807, 2.05) is 7.05 Å². The number of aromatic nitrogens is 2. The molecular weight excluding hydrogens is 156 g/mol. The molecule has 0 aromatic carbocycles. The van der Waals surface area contributed by atoms with Crippen LogP contribution in [0.5, 0.6) is 0 Å². The smallest absolute Gasteiger partial charge is 0.335 e. The largest absolute Gasteiger partial charge is 0.342 e. The maximum Gasteiger partial charge on any atom is 0.342 e. The van der Waals surface area contributed by atoms with Gasteiger partial charge in [0, 0.05) is 13.1 Å². The van der Waals surface area contributed by atoms with E-state index in [2.05, 4.69) is 21.9 Å². The molecule has 0 spiro atoms. The van der Waals surface area contributed by atoms with Gasteiger partial charge in [0.05, 0.1) is 12.4 Å². The molecule has 12 heavy (non-hydrogen) atoms. The lowest BCUT2D eigenvalue weighted by molar-refractivity contribution is 0.239. The first kappa shape index (κ1) is 8.73. The molecule has 0 atom stereocenters. The maximum absolute atomic E-state index is 11.1. The zero-order chi connectivity index (χ0) is 8.81. The first-order valence-corrected chi connectivity index (χ1v) is 3.69. The Bertz CT molecular complexity index is 232. The van der Waals surface area contributed by atoms with Gasteiger partial charge in [0.25, 0.3) is 0 Å². The van der Waals surface area contributed by atoms with Crippen molar-refractivity contribution in [3.8, 4) is 0 Å². The highest BCUT2D eigenvalue weighted by Gasteiger charge is 2.01. The summed E-state index contributed by atoms with van der Waals surface area (Å²) in [6, 6.07) is 1.33. The monoisotopic (exact) mass is 167 g/mol. The van der Waals surface area contributed by atoms with Crippen LogP contribution in [-0.2, 0) is 0 Å². The van der Waals surface area contributed by atoms with E-state index in [4.69, 9.17) is 0 Å². The minimum absolute atomic E-state index is 0.254. The van der Waals surface area contributed by atoms with Gasteiger partial charge in [0.15, 0.2) is 0 Å². The molecule has 1 radical (unpaired) electrons. The van der Waals surface area contributed by atoms with Crippen LogP contribution in [0.25, 0.3) is 0 Å². The van der Waals surface area contributed by atoms with Crippen LogP contribution < -0.4 is 10.6 Å². The Kier molecular flexibility index (Phi) is 3.28. The van der Waals surface area contributed by atoms with E-state index in [1.165, 1.54) is 6.20 Å². The molecule has 0 aliphatic carbocycles. The molecule has 0 aliphatic heterocycles. The summed E-state index contributed by atoms with van der Waals surface area (Å²) in [5.41, 5.74) is 0. The third-order valence-electron chi connectivity index (χ3n) is 1.30. The van der Waals surface area contributed by atoms with Gasteiger partial charge in [-0.15, -0.1) is 0 Å². The Hall–Kier alpha value is -1.36. The van der Waals surface area contributed by atoms with Gasteiger partial charge in [0.2, 0.25) is 0 Å². The van der Waals surface area contributed by atoms with E-state index in [1.54, 1.807) is 6.07 Å². The normalized spacial score (nSPS) is 9.75. The van der Waals surface area contributed by atoms with E-state index < -0.39 is 0 Å². The molecule has 65 valence electrons. The number of hydrogen-bond acceptors (Lipinski definition) is 3. The molecule has 1 heterocycles. The van der Waals surface area contributed by atoms with E-state index in [9.17, 15) is 4.79 Å². The topological polar surface area (TPSA) is 58.9 Å². The zero-order valence-corrected chi connectivity index (χ0v) is 6.87. The van der Waals surface area contributed by atoms with Gasteiger partial charge in [0.1, 0.15) is 0 Å². The molecule has 1 rings (SSSR count). The Morgan fingerprint density at radius 2 is 2.50 bits per heavy atom. The predicted octanol–water partition coefficient (Wildman–Crippen LogP) is -0.540. The van der Waals surface area contributed by atoms with Gasteiger partial charge < -0.3 is 10.6 Å². The van der Waals surface area contributed by atoms with Gasteiger partial charge >= 0.3 is 6.03 Å². The van der Waals surface area contributed by atoms with Crippen molar-refractivity contribution in [1.29, 1.82) is 0 Å². The van der Waals surface area contributed by atoms with Crippen molar-refractivity contribution in [2.45, 2.75) is 0 Å². The molecular formula is C7H11N4O. The van der Waals surface area contributed by atoms with Gasteiger partial charge in [-0.05, 0) is 13.1 Å². The summed E-state index contributed by atoms with van der Waals surface area (Å²) >= 11 is 0. The number of carbonyl (C=O) groups is 1. The fourth-order valence-electron chi connectivity index (χ4n) is 0.718. The number of carbonyl (C=O) groups excluding carboxylic acids is 1. The van der Waals surface area contributed by atoms with Crippen molar-refractivity contribution in [1.82, 2.24) is 20.4 Å². The van der Waals surface area contributed by atoms with E-state index in [0.717, 1.165) is 11.2 Å². The van der Waals surface area contributed by atoms with E-state index >= 15 is 0 Å². The summed E-state index contributed by atoms with van der Waals surface area (Å²) in [5.74, 6) is 0. The summed E-state index contributed by atoms with van der Waals surface area (Å²) in [5, 5.41) is 9.29. The number of nitrogens with one attached hydrogen (secondary N) is 2. The fourth-order valence-corrected chi connectivity index (χ4v) is 0.718. The Morgan fingerprint density at radius 1 is 1.67 bits per heavy atom. The van der Waals surface area contributed by atoms with Crippen LogP contribution in [0, 0.1) is 6.20 Å². The molecule has 5 nitrogen and oxygen atoms in total. The first-order chi connectivity index (χ1) is 5.84. The lowest BCUT2D eigenvalue weighted by atomic mass is 10.6. The van der Waals surface area contributed by atoms with Crippen LogP contribution in [0.1, 0.15) is 0 Å². The Labute approximate surface area is 70.8 Å². The summed E-state index contributed by atoms with van der Waals surface area (Å²) in [6.45, 7) is 1.33. The second kappa shape index (κ2) is 4.50. The first-order valence-electron chi connectivity index (χ1n) is 3.69. The molecule has 0 unspecified atom stereocenters. The van der Waals surface area contributed by atoms with Crippen molar-refractivity contribution in [2.75, 3.05) is 20.1 Å². The van der Waals surface area contributed by atoms with Crippen LogP contribution in [0.4, 0.5) is 4.79 Å². The maximum atomic E-state index is 11.1. The Morgan fingerprint density at radius 3 is 3.08 bits per heavy atom. The standard InChI is InChI=1S/C7H11N4O/c1-8-4-5-9-7(12)11-6-2-3-10-11/h2-3,8H,4-5H2,1H3,(H,9,12). The third kappa shape index (κ3) is 2.35. The van der Waals surface area contributed by atoms with Gasteiger partial charge in [-0.1, -0.05) is 0 Å². The van der Waals surface area contributed by atoms with Crippen molar-refractivity contribution in [3.05, 3.63) is 18.5 Å². The zero-order valence-electron chi connectivity index (χ0n) is 6.87. The number of amides is 1. The summed E-state index contributed by atoms with van der Waals surface area (Å²) in [7, 11) is 1.83. The molecule has 5 heteroatoms. The van der Waals surface area contributed by atoms with E-state index in [-0.39, 0.29) is 6.03 Å². The molecule has 0 bridgehead atoms. The second-order valence-electron chi connectivity index (χ2n) is 2.21. The highest BCUT2D eigenvalue weighted by atomic mass is 16.2. The van der Waals surface area contributed by atoms with E-state index in [0.29, 0.717) is 6.54 Å². The molecule has 0 saturated heterocycles. The molecule has 1 aromatic heterocycles.